The lowest BCUT2D eigenvalue weighted by Gasteiger charge is -2.30. The molecule has 0 fully saturated rings. The molecule has 0 radical (unpaired) electrons. The number of anilines is 1. The molecule has 1 aromatic carbocycles. The number of fused-ring (bicyclic) bond motifs is 1. The second kappa shape index (κ2) is 6.61. The number of amides is 2. The monoisotopic (exact) mass is 320 g/mol. The SMILES string of the molecule is CCN(CC1COc2ccccc2O1)C(=O)Nc1nncs1. The summed E-state index contributed by atoms with van der Waals surface area (Å²) >= 11 is 1.28. The van der Waals surface area contributed by atoms with Crippen molar-refractivity contribution in [2.45, 2.75) is 13.0 Å². The Morgan fingerprint density at radius 1 is 1.45 bits per heavy atom. The number of carbonyl (C=O) groups excluding carboxylic acids is 1. The molecule has 2 heterocycles. The maximum Gasteiger partial charge on any atom is 0.323 e. The van der Waals surface area contributed by atoms with Crippen LogP contribution >= 0.6 is 11.3 Å². The zero-order chi connectivity index (χ0) is 15.4. The number of hydrogen-bond acceptors (Lipinski definition) is 6. The first-order valence-electron chi connectivity index (χ1n) is 6.97. The van der Waals surface area contributed by atoms with E-state index >= 15 is 0 Å². The summed E-state index contributed by atoms with van der Waals surface area (Å²) in [4.78, 5) is 13.9. The Labute approximate surface area is 131 Å². The van der Waals surface area contributed by atoms with Gasteiger partial charge in [0.25, 0.3) is 0 Å². The highest BCUT2D eigenvalue weighted by atomic mass is 32.1. The summed E-state index contributed by atoms with van der Waals surface area (Å²) < 4.78 is 11.5. The fraction of sp³-hybridized carbons (Fsp3) is 0.357. The number of aromatic nitrogens is 2. The summed E-state index contributed by atoms with van der Waals surface area (Å²) in [5.74, 6) is 1.44. The highest BCUT2D eigenvalue weighted by Crippen LogP contribution is 2.31. The van der Waals surface area contributed by atoms with E-state index in [9.17, 15) is 4.79 Å². The van der Waals surface area contributed by atoms with Gasteiger partial charge in [-0.1, -0.05) is 23.5 Å². The van der Waals surface area contributed by atoms with Crippen LogP contribution in [0.5, 0.6) is 11.5 Å². The average molecular weight is 320 g/mol. The molecule has 0 spiro atoms. The summed E-state index contributed by atoms with van der Waals surface area (Å²) in [5, 5.41) is 10.7. The lowest BCUT2D eigenvalue weighted by Crippen LogP contribution is -2.45. The zero-order valence-electron chi connectivity index (χ0n) is 12.1. The van der Waals surface area contributed by atoms with Crippen molar-refractivity contribution >= 4 is 22.5 Å². The fourth-order valence-electron chi connectivity index (χ4n) is 2.15. The Hall–Kier alpha value is -2.35. The molecule has 1 aliphatic heterocycles. The Morgan fingerprint density at radius 2 is 2.27 bits per heavy atom. The fourth-order valence-corrected chi connectivity index (χ4v) is 2.59. The summed E-state index contributed by atoms with van der Waals surface area (Å²) in [6.45, 7) is 3.33. The van der Waals surface area contributed by atoms with Crippen LogP contribution < -0.4 is 14.8 Å². The van der Waals surface area contributed by atoms with Gasteiger partial charge in [0.15, 0.2) is 17.6 Å². The van der Waals surface area contributed by atoms with Gasteiger partial charge >= 0.3 is 6.03 Å². The number of para-hydroxylation sites is 2. The molecule has 0 saturated carbocycles. The summed E-state index contributed by atoms with van der Waals surface area (Å²) in [5.41, 5.74) is 1.57. The minimum atomic E-state index is -0.221. The van der Waals surface area contributed by atoms with E-state index in [4.69, 9.17) is 9.47 Å². The van der Waals surface area contributed by atoms with Crippen molar-refractivity contribution in [3.8, 4) is 11.5 Å². The van der Waals surface area contributed by atoms with E-state index in [2.05, 4.69) is 15.5 Å². The van der Waals surface area contributed by atoms with Crippen LogP contribution in [0.3, 0.4) is 0 Å². The molecule has 22 heavy (non-hydrogen) atoms. The van der Waals surface area contributed by atoms with Gasteiger partial charge in [-0.2, -0.15) is 0 Å². The van der Waals surface area contributed by atoms with E-state index in [1.165, 1.54) is 11.3 Å². The molecule has 116 valence electrons. The maximum atomic E-state index is 12.2. The third kappa shape index (κ3) is 3.28. The predicted octanol–water partition coefficient (Wildman–Crippen LogP) is 2.23. The molecule has 1 atom stereocenters. The number of hydrogen-bond donors (Lipinski definition) is 1. The first-order chi connectivity index (χ1) is 10.8. The van der Waals surface area contributed by atoms with Crippen molar-refractivity contribution in [3.05, 3.63) is 29.8 Å². The van der Waals surface area contributed by atoms with Crippen molar-refractivity contribution in [1.29, 1.82) is 0 Å². The van der Waals surface area contributed by atoms with Gasteiger partial charge in [-0.3, -0.25) is 5.32 Å². The van der Waals surface area contributed by atoms with Crippen LogP contribution in [0.1, 0.15) is 6.92 Å². The largest absolute Gasteiger partial charge is 0.486 e. The van der Waals surface area contributed by atoms with Crippen LogP contribution in [0.4, 0.5) is 9.93 Å². The summed E-state index contributed by atoms with van der Waals surface area (Å²) in [6.07, 6.45) is -0.199. The number of likely N-dealkylation sites (N-methyl/N-ethyl adjacent to an activating group) is 1. The van der Waals surface area contributed by atoms with E-state index in [1.54, 1.807) is 10.4 Å². The van der Waals surface area contributed by atoms with Crippen LogP contribution in [0.15, 0.2) is 29.8 Å². The van der Waals surface area contributed by atoms with Crippen LogP contribution in [-0.2, 0) is 0 Å². The van der Waals surface area contributed by atoms with E-state index in [0.29, 0.717) is 30.6 Å². The second-order valence-electron chi connectivity index (χ2n) is 4.71. The van der Waals surface area contributed by atoms with Gasteiger partial charge in [0.05, 0.1) is 6.54 Å². The van der Waals surface area contributed by atoms with Crippen molar-refractivity contribution in [2.24, 2.45) is 0 Å². The van der Waals surface area contributed by atoms with Crippen molar-refractivity contribution in [3.63, 3.8) is 0 Å². The average Bonchev–Trinajstić information content (AvgIpc) is 3.05. The molecule has 1 aliphatic rings. The third-order valence-corrected chi connectivity index (χ3v) is 3.84. The smallest absolute Gasteiger partial charge is 0.323 e. The lowest BCUT2D eigenvalue weighted by molar-refractivity contribution is 0.0693. The first kappa shape index (κ1) is 14.6. The molecule has 0 bridgehead atoms. The van der Waals surface area contributed by atoms with Gasteiger partial charge in [0.2, 0.25) is 5.13 Å². The van der Waals surface area contributed by atoms with Crippen molar-refractivity contribution in [1.82, 2.24) is 15.1 Å². The molecular weight excluding hydrogens is 304 g/mol. The van der Waals surface area contributed by atoms with E-state index in [1.807, 2.05) is 31.2 Å². The van der Waals surface area contributed by atoms with Gasteiger partial charge in [-0.25, -0.2) is 4.79 Å². The topological polar surface area (TPSA) is 76.6 Å². The molecule has 3 rings (SSSR count). The minimum absolute atomic E-state index is 0.199. The predicted molar refractivity (Wildman–Crippen MR) is 82.5 cm³/mol. The molecule has 0 saturated heterocycles. The molecule has 0 aliphatic carbocycles. The lowest BCUT2D eigenvalue weighted by atomic mass is 10.2. The van der Waals surface area contributed by atoms with Gasteiger partial charge in [-0.15, -0.1) is 10.2 Å². The second-order valence-corrected chi connectivity index (χ2v) is 5.54. The van der Waals surface area contributed by atoms with Gasteiger partial charge in [0, 0.05) is 6.54 Å². The Bertz CT molecular complexity index is 635. The highest BCUT2D eigenvalue weighted by molar-refractivity contribution is 7.13. The summed E-state index contributed by atoms with van der Waals surface area (Å²) in [6, 6.07) is 7.30. The third-order valence-electron chi connectivity index (χ3n) is 3.23. The van der Waals surface area contributed by atoms with E-state index in [-0.39, 0.29) is 12.1 Å². The van der Waals surface area contributed by atoms with Crippen molar-refractivity contribution < 1.29 is 14.3 Å². The minimum Gasteiger partial charge on any atom is -0.486 e. The van der Waals surface area contributed by atoms with E-state index < -0.39 is 0 Å². The Balaban J connectivity index is 1.60. The molecule has 2 aromatic rings. The van der Waals surface area contributed by atoms with Gasteiger partial charge < -0.3 is 14.4 Å². The van der Waals surface area contributed by atoms with E-state index in [0.717, 1.165) is 5.75 Å². The number of urea groups is 1. The maximum absolute atomic E-state index is 12.2. The van der Waals surface area contributed by atoms with Crippen LogP contribution in [-0.4, -0.2) is 46.9 Å². The van der Waals surface area contributed by atoms with Gasteiger partial charge in [-0.05, 0) is 19.1 Å². The van der Waals surface area contributed by atoms with Gasteiger partial charge in [0.1, 0.15) is 12.1 Å². The molecular formula is C14H16N4O3S. The number of nitrogens with zero attached hydrogens (tertiary/aromatic N) is 3. The summed E-state index contributed by atoms with van der Waals surface area (Å²) in [7, 11) is 0. The number of ether oxygens (including phenoxy) is 2. The number of rotatable bonds is 4. The Kier molecular flexibility index (Phi) is 4.38. The number of carbonyl (C=O) groups is 1. The molecule has 1 N–H and O–H groups in total. The number of benzene rings is 1. The van der Waals surface area contributed by atoms with Crippen LogP contribution in [0.25, 0.3) is 0 Å². The molecule has 8 heteroatoms. The molecule has 1 unspecified atom stereocenters. The standard InChI is InChI=1S/C14H16N4O3S/c1-2-18(14(19)16-13-17-15-9-22-13)7-10-8-20-11-5-3-4-6-12(11)21-10/h3-6,9-10H,2,7-8H2,1H3,(H,16,17,19). The molecule has 1 aromatic heterocycles. The molecule has 7 nitrogen and oxygen atoms in total. The molecule has 2 amide bonds. The Morgan fingerprint density at radius 3 is 3.00 bits per heavy atom. The van der Waals surface area contributed by atoms with Crippen LogP contribution in [0, 0.1) is 0 Å². The van der Waals surface area contributed by atoms with Crippen LogP contribution in [0.2, 0.25) is 0 Å². The zero-order valence-corrected chi connectivity index (χ0v) is 12.9. The number of nitrogens with one attached hydrogen (secondary N) is 1. The normalized spacial score (nSPS) is 16.1. The highest BCUT2D eigenvalue weighted by Gasteiger charge is 2.25. The van der Waals surface area contributed by atoms with Crippen molar-refractivity contribution in [2.75, 3.05) is 25.0 Å². The first-order valence-corrected chi connectivity index (χ1v) is 7.85. The quantitative estimate of drug-likeness (QED) is 0.935.